The maximum absolute atomic E-state index is 13.2. The SMILES string of the molecule is C/C=C/C=C/C=C/C(=O)N(C)[C@H](C(=O)N(C)[C@H](C)C(=O)N1CCC[C@@H]1C(N)=O)C(C)C. The van der Waals surface area contributed by atoms with Crippen LogP contribution >= 0.6 is 0 Å². The molecule has 172 valence electrons. The summed E-state index contributed by atoms with van der Waals surface area (Å²) in [6.45, 7) is 7.67. The van der Waals surface area contributed by atoms with Gasteiger partial charge in [-0.3, -0.25) is 19.2 Å². The second-order valence-electron chi connectivity index (χ2n) is 8.12. The highest BCUT2D eigenvalue weighted by atomic mass is 16.2. The van der Waals surface area contributed by atoms with Crippen LogP contribution in [0, 0.1) is 5.92 Å². The number of hydrogen-bond donors (Lipinski definition) is 1. The molecule has 0 aliphatic carbocycles. The molecule has 0 unspecified atom stereocenters. The lowest BCUT2D eigenvalue weighted by Crippen LogP contribution is -2.57. The smallest absolute Gasteiger partial charge is 0.246 e. The van der Waals surface area contributed by atoms with Crippen molar-refractivity contribution in [1.29, 1.82) is 0 Å². The molecule has 0 aromatic rings. The van der Waals surface area contributed by atoms with E-state index < -0.39 is 24.0 Å². The fourth-order valence-electron chi connectivity index (χ4n) is 3.66. The van der Waals surface area contributed by atoms with Gasteiger partial charge in [-0.15, -0.1) is 0 Å². The van der Waals surface area contributed by atoms with E-state index in [1.165, 1.54) is 20.8 Å². The predicted molar refractivity (Wildman–Crippen MR) is 121 cm³/mol. The third kappa shape index (κ3) is 6.80. The first-order chi connectivity index (χ1) is 14.5. The summed E-state index contributed by atoms with van der Waals surface area (Å²) in [6.07, 6.45) is 11.5. The standard InChI is InChI=1S/C23H36N4O4/c1-7-8-9-10-11-14-19(28)26(6)20(16(2)3)23(31)25(5)17(4)22(30)27-15-12-13-18(27)21(24)29/h7-11,14,16-18,20H,12-13,15H2,1-6H3,(H2,24,29)/b8-7+,10-9+,14-11+/t17-,18-,20+/m1/s1. The number of rotatable bonds is 9. The predicted octanol–water partition coefficient (Wildman–Crippen LogP) is 1.48. The van der Waals surface area contributed by atoms with Crippen molar-refractivity contribution in [3.05, 3.63) is 36.5 Å². The van der Waals surface area contributed by atoms with Crippen molar-refractivity contribution in [3.8, 4) is 0 Å². The Morgan fingerprint density at radius 2 is 1.61 bits per heavy atom. The van der Waals surface area contributed by atoms with Gasteiger partial charge in [0.05, 0.1) is 0 Å². The Balaban J connectivity index is 2.94. The second kappa shape index (κ2) is 12.1. The Morgan fingerprint density at radius 1 is 1.00 bits per heavy atom. The van der Waals surface area contributed by atoms with E-state index in [2.05, 4.69) is 0 Å². The molecular formula is C23H36N4O4. The van der Waals surface area contributed by atoms with E-state index in [4.69, 9.17) is 5.73 Å². The fraction of sp³-hybridized carbons (Fsp3) is 0.565. The Morgan fingerprint density at radius 3 is 2.16 bits per heavy atom. The lowest BCUT2D eigenvalue weighted by Gasteiger charge is -2.36. The molecule has 1 aliphatic rings. The van der Waals surface area contributed by atoms with Crippen LogP contribution in [0.1, 0.15) is 40.5 Å². The van der Waals surface area contributed by atoms with Gasteiger partial charge in [0, 0.05) is 26.7 Å². The van der Waals surface area contributed by atoms with Gasteiger partial charge in [0.1, 0.15) is 18.1 Å². The highest BCUT2D eigenvalue weighted by Gasteiger charge is 2.39. The van der Waals surface area contributed by atoms with Crippen LogP contribution in [-0.2, 0) is 19.2 Å². The minimum absolute atomic E-state index is 0.164. The number of nitrogens with zero attached hydrogens (tertiary/aromatic N) is 3. The molecule has 31 heavy (non-hydrogen) atoms. The molecule has 1 heterocycles. The summed E-state index contributed by atoms with van der Waals surface area (Å²) in [5, 5.41) is 0. The molecule has 8 heteroatoms. The van der Waals surface area contributed by atoms with Crippen LogP contribution in [0.15, 0.2) is 36.5 Å². The van der Waals surface area contributed by atoms with Gasteiger partial charge < -0.3 is 20.4 Å². The number of primary amides is 1. The van der Waals surface area contributed by atoms with Gasteiger partial charge in [-0.1, -0.05) is 44.2 Å². The maximum atomic E-state index is 13.2. The molecule has 1 aliphatic heterocycles. The van der Waals surface area contributed by atoms with Crippen molar-refractivity contribution in [1.82, 2.24) is 14.7 Å². The molecule has 0 aromatic heterocycles. The molecule has 1 fully saturated rings. The third-order valence-corrected chi connectivity index (χ3v) is 5.56. The minimum Gasteiger partial charge on any atom is -0.368 e. The summed E-state index contributed by atoms with van der Waals surface area (Å²) in [5.41, 5.74) is 5.42. The van der Waals surface area contributed by atoms with E-state index in [0.29, 0.717) is 19.4 Å². The summed E-state index contributed by atoms with van der Waals surface area (Å²) < 4.78 is 0. The second-order valence-corrected chi connectivity index (χ2v) is 8.12. The zero-order valence-corrected chi connectivity index (χ0v) is 19.4. The van der Waals surface area contributed by atoms with E-state index in [-0.39, 0.29) is 23.6 Å². The molecule has 1 rings (SSSR count). The first-order valence-corrected chi connectivity index (χ1v) is 10.6. The van der Waals surface area contributed by atoms with E-state index in [1.54, 1.807) is 39.2 Å². The molecule has 2 N–H and O–H groups in total. The molecule has 3 atom stereocenters. The lowest BCUT2D eigenvalue weighted by molar-refractivity contribution is -0.151. The molecule has 0 aromatic carbocycles. The van der Waals surface area contributed by atoms with Crippen LogP contribution in [0.3, 0.4) is 0 Å². The summed E-state index contributed by atoms with van der Waals surface area (Å²) in [5.74, 6) is -1.66. The molecule has 4 amide bonds. The summed E-state index contributed by atoms with van der Waals surface area (Å²) in [7, 11) is 3.12. The Kier molecular flexibility index (Phi) is 10.2. The van der Waals surface area contributed by atoms with Crippen LogP contribution in [0.4, 0.5) is 0 Å². The van der Waals surface area contributed by atoms with Crippen molar-refractivity contribution in [3.63, 3.8) is 0 Å². The van der Waals surface area contributed by atoms with Crippen LogP contribution < -0.4 is 5.73 Å². The van der Waals surface area contributed by atoms with Crippen LogP contribution in [0.2, 0.25) is 0 Å². The molecule has 0 spiro atoms. The number of hydrogen-bond acceptors (Lipinski definition) is 4. The number of amides is 4. The van der Waals surface area contributed by atoms with Crippen molar-refractivity contribution in [2.24, 2.45) is 11.7 Å². The number of nitrogens with two attached hydrogens (primary N) is 1. The molecule has 1 saturated heterocycles. The average molecular weight is 433 g/mol. The van der Waals surface area contributed by atoms with Crippen molar-refractivity contribution in [2.75, 3.05) is 20.6 Å². The van der Waals surface area contributed by atoms with E-state index in [1.807, 2.05) is 32.9 Å². The normalized spacial score (nSPS) is 18.8. The summed E-state index contributed by atoms with van der Waals surface area (Å²) >= 11 is 0. The van der Waals surface area contributed by atoms with Crippen LogP contribution in [-0.4, -0.2) is 77.1 Å². The number of allylic oxidation sites excluding steroid dienone is 5. The lowest BCUT2D eigenvalue weighted by atomic mass is 10.0. The molecule has 8 nitrogen and oxygen atoms in total. The first kappa shape index (κ1) is 26.1. The highest BCUT2D eigenvalue weighted by Crippen LogP contribution is 2.20. The van der Waals surface area contributed by atoms with Crippen LogP contribution in [0.25, 0.3) is 0 Å². The van der Waals surface area contributed by atoms with E-state index in [0.717, 1.165) is 0 Å². The maximum Gasteiger partial charge on any atom is 0.246 e. The van der Waals surface area contributed by atoms with Crippen molar-refractivity contribution >= 4 is 23.6 Å². The Bertz CT molecular complexity index is 757. The highest BCUT2D eigenvalue weighted by molar-refractivity contribution is 5.95. The van der Waals surface area contributed by atoms with Gasteiger partial charge in [-0.25, -0.2) is 0 Å². The van der Waals surface area contributed by atoms with E-state index in [9.17, 15) is 19.2 Å². The first-order valence-electron chi connectivity index (χ1n) is 10.6. The number of likely N-dealkylation sites (tertiary alicyclic amines) is 1. The van der Waals surface area contributed by atoms with E-state index >= 15 is 0 Å². The van der Waals surface area contributed by atoms with Gasteiger partial charge in [0.25, 0.3) is 0 Å². The number of carbonyl (C=O) groups is 4. The van der Waals surface area contributed by atoms with Crippen LogP contribution in [0.5, 0.6) is 0 Å². The topological polar surface area (TPSA) is 104 Å². The molecular weight excluding hydrogens is 396 g/mol. The Hall–Kier alpha value is -2.90. The van der Waals surface area contributed by atoms with Gasteiger partial charge in [-0.05, 0) is 32.6 Å². The fourth-order valence-corrected chi connectivity index (χ4v) is 3.66. The zero-order valence-electron chi connectivity index (χ0n) is 19.4. The summed E-state index contributed by atoms with van der Waals surface area (Å²) in [6, 6.07) is -2.15. The Labute approximate surface area is 185 Å². The monoisotopic (exact) mass is 432 g/mol. The average Bonchev–Trinajstić information content (AvgIpc) is 3.21. The largest absolute Gasteiger partial charge is 0.368 e. The van der Waals surface area contributed by atoms with Crippen molar-refractivity contribution in [2.45, 2.75) is 58.7 Å². The zero-order chi connectivity index (χ0) is 23.7. The van der Waals surface area contributed by atoms with Gasteiger partial charge in [0.15, 0.2) is 0 Å². The minimum atomic E-state index is -0.781. The molecule has 0 saturated carbocycles. The quantitative estimate of drug-likeness (QED) is 0.440. The number of likely N-dealkylation sites (N-methyl/N-ethyl adjacent to an activating group) is 2. The van der Waals surface area contributed by atoms with Gasteiger partial charge in [-0.2, -0.15) is 0 Å². The third-order valence-electron chi connectivity index (χ3n) is 5.56. The van der Waals surface area contributed by atoms with Gasteiger partial charge >= 0.3 is 0 Å². The molecule has 0 radical (unpaired) electrons. The van der Waals surface area contributed by atoms with Crippen molar-refractivity contribution < 1.29 is 19.2 Å². The number of carbonyl (C=O) groups excluding carboxylic acids is 4. The van der Waals surface area contributed by atoms with Gasteiger partial charge in [0.2, 0.25) is 23.6 Å². The molecule has 0 bridgehead atoms. The summed E-state index contributed by atoms with van der Waals surface area (Å²) in [4.78, 5) is 54.6.